The average Bonchev–Trinajstić information content (AvgIpc) is 2.26. The maximum absolute atomic E-state index is 9.95. The number of para-hydroxylation sites is 1. The van der Waals surface area contributed by atoms with Crippen molar-refractivity contribution < 1.29 is 9.84 Å². The zero-order valence-corrected chi connectivity index (χ0v) is 9.41. The van der Waals surface area contributed by atoms with Crippen LogP contribution in [-0.4, -0.2) is 29.3 Å². The average molecular weight is 225 g/mol. The molecule has 82 valence electrons. The maximum Gasteiger partial charge on any atom is 0.135 e. The number of aliphatic hydroxyl groups is 1. The van der Waals surface area contributed by atoms with Gasteiger partial charge in [-0.2, -0.15) is 11.8 Å². The standard InChI is InChI=1S/C11H15NO2S/c1-15-6-9-11(13)10(12)7-4-2-3-5-8(7)14-9/h2-5,9-11,13H,6,12H2,1H3. The Balaban J connectivity index is 2.28. The van der Waals surface area contributed by atoms with Crippen molar-refractivity contribution in [1.82, 2.24) is 0 Å². The zero-order chi connectivity index (χ0) is 10.8. The first-order valence-electron chi connectivity index (χ1n) is 4.92. The van der Waals surface area contributed by atoms with Crippen molar-refractivity contribution in [2.24, 2.45) is 5.73 Å². The first-order valence-corrected chi connectivity index (χ1v) is 6.31. The van der Waals surface area contributed by atoms with Crippen molar-refractivity contribution in [2.45, 2.75) is 18.2 Å². The van der Waals surface area contributed by atoms with Gasteiger partial charge in [0.2, 0.25) is 0 Å². The van der Waals surface area contributed by atoms with Crippen LogP contribution in [0.25, 0.3) is 0 Å². The van der Waals surface area contributed by atoms with Crippen LogP contribution in [0.2, 0.25) is 0 Å². The van der Waals surface area contributed by atoms with Crippen molar-refractivity contribution in [3.63, 3.8) is 0 Å². The monoisotopic (exact) mass is 225 g/mol. The molecule has 3 nitrogen and oxygen atoms in total. The number of nitrogens with two attached hydrogens (primary N) is 1. The third kappa shape index (κ3) is 1.97. The van der Waals surface area contributed by atoms with Gasteiger partial charge in [-0.1, -0.05) is 18.2 Å². The van der Waals surface area contributed by atoms with Crippen molar-refractivity contribution in [2.75, 3.05) is 12.0 Å². The summed E-state index contributed by atoms with van der Waals surface area (Å²) in [5, 5.41) is 9.95. The number of aliphatic hydroxyl groups excluding tert-OH is 1. The second-order valence-corrected chi connectivity index (χ2v) is 4.58. The largest absolute Gasteiger partial charge is 0.486 e. The van der Waals surface area contributed by atoms with Gasteiger partial charge in [-0.25, -0.2) is 0 Å². The molecule has 0 fully saturated rings. The number of hydrogen-bond acceptors (Lipinski definition) is 4. The molecule has 1 aliphatic rings. The van der Waals surface area contributed by atoms with Crippen LogP contribution >= 0.6 is 11.8 Å². The molecule has 15 heavy (non-hydrogen) atoms. The van der Waals surface area contributed by atoms with E-state index in [0.29, 0.717) is 0 Å². The first-order chi connectivity index (χ1) is 7.24. The highest BCUT2D eigenvalue weighted by atomic mass is 32.2. The molecule has 0 aromatic heterocycles. The molecule has 0 amide bonds. The molecule has 0 aliphatic carbocycles. The highest BCUT2D eigenvalue weighted by Gasteiger charge is 2.34. The Morgan fingerprint density at radius 1 is 1.47 bits per heavy atom. The number of hydrogen-bond donors (Lipinski definition) is 2. The van der Waals surface area contributed by atoms with Crippen LogP contribution in [-0.2, 0) is 0 Å². The lowest BCUT2D eigenvalue weighted by molar-refractivity contribution is 0.0152. The van der Waals surface area contributed by atoms with E-state index >= 15 is 0 Å². The molecule has 0 spiro atoms. The van der Waals surface area contributed by atoms with Gasteiger partial charge in [-0.15, -0.1) is 0 Å². The fourth-order valence-corrected chi connectivity index (χ4v) is 2.40. The summed E-state index contributed by atoms with van der Waals surface area (Å²) in [6.45, 7) is 0. The summed E-state index contributed by atoms with van der Waals surface area (Å²) < 4.78 is 5.70. The van der Waals surface area contributed by atoms with Gasteiger partial charge < -0.3 is 15.6 Å². The molecule has 3 unspecified atom stereocenters. The van der Waals surface area contributed by atoms with Crippen LogP contribution in [0, 0.1) is 0 Å². The molecule has 1 aromatic carbocycles. The number of rotatable bonds is 2. The molecule has 4 heteroatoms. The van der Waals surface area contributed by atoms with Crippen LogP contribution in [0.1, 0.15) is 11.6 Å². The Labute approximate surface area is 93.6 Å². The Bertz CT molecular complexity index is 345. The van der Waals surface area contributed by atoms with Gasteiger partial charge >= 0.3 is 0 Å². The number of fused-ring (bicyclic) bond motifs is 1. The van der Waals surface area contributed by atoms with E-state index in [2.05, 4.69) is 0 Å². The highest BCUT2D eigenvalue weighted by molar-refractivity contribution is 7.98. The SMILES string of the molecule is CSCC1Oc2ccccc2C(N)C1O. The second kappa shape index (κ2) is 4.43. The fraction of sp³-hybridized carbons (Fsp3) is 0.455. The fourth-order valence-electron chi connectivity index (χ4n) is 1.81. The van der Waals surface area contributed by atoms with Crippen molar-refractivity contribution in [3.05, 3.63) is 29.8 Å². The Hall–Kier alpha value is -0.710. The lowest BCUT2D eigenvalue weighted by Crippen LogP contribution is -2.45. The van der Waals surface area contributed by atoms with Gasteiger partial charge in [0.05, 0.1) is 6.04 Å². The van der Waals surface area contributed by atoms with Gasteiger partial charge in [-0.05, 0) is 12.3 Å². The van der Waals surface area contributed by atoms with E-state index in [1.165, 1.54) is 0 Å². The summed E-state index contributed by atoms with van der Waals surface area (Å²) in [6, 6.07) is 7.28. The van der Waals surface area contributed by atoms with Crippen molar-refractivity contribution in [1.29, 1.82) is 0 Å². The minimum absolute atomic E-state index is 0.204. The van der Waals surface area contributed by atoms with Crippen LogP contribution in [0.15, 0.2) is 24.3 Å². The van der Waals surface area contributed by atoms with Gasteiger partial charge in [0.15, 0.2) is 0 Å². The van der Waals surface area contributed by atoms with Gasteiger partial charge in [0.25, 0.3) is 0 Å². The molecular formula is C11H15NO2S. The summed E-state index contributed by atoms with van der Waals surface area (Å²) in [7, 11) is 0. The van der Waals surface area contributed by atoms with E-state index in [1.54, 1.807) is 11.8 Å². The summed E-state index contributed by atoms with van der Waals surface area (Å²) in [6.07, 6.45) is 1.17. The quantitative estimate of drug-likeness (QED) is 0.793. The molecule has 3 N–H and O–H groups in total. The maximum atomic E-state index is 9.95. The van der Waals surface area contributed by atoms with Crippen molar-refractivity contribution in [3.8, 4) is 5.75 Å². The normalized spacial score (nSPS) is 29.4. The minimum Gasteiger partial charge on any atom is -0.486 e. The molecule has 3 atom stereocenters. The Morgan fingerprint density at radius 3 is 2.93 bits per heavy atom. The predicted octanol–water partition coefficient (Wildman–Crippen LogP) is 1.17. The lowest BCUT2D eigenvalue weighted by atomic mass is 9.95. The summed E-state index contributed by atoms with van der Waals surface area (Å²) in [5.74, 6) is 1.55. The molecule has 0 saturated carbocycles. The van der Waals surface area contributed by atoms with E-state index in [-0.39, 0.29) is 12.1 Å². The second-order valence-electron chi connectivity index (χ2n) is 3.67. The van der Waals surface area contributed by atoms with E-state index in [0.717, 1.165) is 17.1 Å². The highest BCUT2D eigenvalue weighted by Crippen LogP contribution is 2.33. The van der Waals surface area contributed by atoms with Crippen LogP contribution in [0.4, 0.5) is 0 Å². The number of thioether (sulfide) groups is 1. The Kier molecular flexibility index (Phi) is 3.19. The van der Waals surface area contributed by atoms with E-state index in [4.69, 9.17) is 10.5 Å². The molecule has 0 bridgehead atoms. The van der Waals surface area contributed by atoms with Crippen LogP contribution in [0.5, 0.6) is 5.75 Å². The Morgan fingerprint density at radius 2 is 2.20 bits per heavy atom. The van der Waals surface area contributed by atoms with E-state index < -0.39 is 6.10 Å². The molecule has 0 saturated heterocycles. The third-order valence-electron chi connectivity index (χ3n) is 2.64. The zero-order valence-electron chi connectivity index (χ0n) is 8.59. The van der Waals surface area contributed by atoms with Gasteiger partial charge in [-0.3, -0.25) is 0 Å². The molecular weight excluding hydrogens is 210 g/mol. The van der Waals surface area contributed by atoms with E-state index in [1.807, 2.05) is 30.5 Å². The number of ether oxygens (including phenoxy) is 1. The topological polar surface area (TPSA) is 55.5 Å². The van der Waals surface area contributed by atoms with Crippen LogP contribution in [0.3, 0.4) is 0 Å². The summed E-state index contributed by atoms with van der Waals surface area (Å²) in [4.78, 5) is 0. The van der Waals surface area contributed by atoms with Gasteiger partial charge in [0, 0.05) is 11.3 Å². The first kappa shape index (κ1) is 10.8. The number of benzene rings is 1. The molecule has 1 heterocycles. The van der Waals surface area contributed by atoms with Crippen molar-refractivity contribution >= 4 is 11.8 Å². The summed E-state index contributed by atoms with van der Waals surface area (Å²) >= 11 is 1.65. The molecule has 0 radical (unpaired) electrons. The summed E-state index contributed by atoms with van der Waals surface area (Å²) in [5.41, 5.74) is 6.86. The smallest absolute Gasteiger partial charge is 0.135 e. The van der Waals surface area contributed by atoms with Crippen LogP contribution < -0.4 is 10.5 Å². The molecule has 2 rings (SSSR count). The third-order valence-corrected chi connectivity index (χ3v) is 3.30. The minimum atomic E-state index is -0.618. The van der Waals surface area contributed by atoms with E-state index in [9.17, 15) is 5.11 Å². The molecule has 1 aliphatic heterocycles. The lowest BCUT2D eigenvalue weighted by Gasteiger charge is -2.34. The van der Waals surface area contributed by atoms with Gasteiger partial charge in [0.1, 0.15) is 18.0 Å². The molecule has 1 aromatic rings. The predicted molar refractivity (Wildman–Crippen MR) is 62.2 cm³/mol.